The standard InChI is InChI=1S/C10H21NO5S/c1-4-16-5-6-17(14,15)11(7-9(2)3)8-10(12)13/h9H,4-8H2,1-3H3,(H,12,13). The van der Waals surface area contributed by atoms with E-state index >= 15 is 0 Å². The molecule has 7 heteroatoms. The molecule has 102 valence electrons. The van der Waals surface area contributed by atoms with Gasteiger partial charge in [-0.3, -0.25) is 4.79 Å². The van der Waals surface area contributed by atoms with Crippen molar-refractivity contribution in [2.24, 2.45) is 5.92 Å². The van der Waals surface area contributed by atoms with E-state index in [0.717, 1.165) is 4.31 Å². The molecule has 0 aliphatic rings. The Kier molecular flexibility index (Phi) is 7.33. The molecule has 0 aliphatic carbocycles. The first-order chi connectivity index (χ1) is 7.79. The maximum absolute atomic E-state index is 11.9. The lowest BCUT2D eigenvalue weighted by atomic mass is 10.2. The van der Waals surface area contributed by atoms with Crippen molar-refractivity contribution < 1.29 is 23.1 Å². The van der Waals surface area contributed by atoms with Gasteiger partial charge in [0, 0.05) is 13.2 Å². The van der Waals surface area contributed by atoms with Gasteiger partial charge in [-0.1, -0.05) is 13.8 Å². The Balaban J connectivity index is 4.58. The lowest BCUT2D eigenvalue weighted by Crippen LogP contribution is -2.40. The minimum Gasteiger partial charge on any atom is -0.480 e. The van der Waals surface area contributed by atoms with E-state index in [4.69, 9.17) is 9.84 Å². The van der Waals surface area contributed by atoms with Gasteiger partial charge >= 0.3 is 5.97 Å². The van der Waals surface area contributed by atoms with E-state index in [1.54, 1.807) is 6.92 Å². The molecular weight excluding hydrogens is 246 g/mol. The molecule has 0 spiro atoms. The first-order valence-corrected chi connectivity index (χ1v) is 7.17. The normalized spacial score (nSPS) is 12.3. The second-order valence-corrected chi connectivity index (χ2v) is 6.18. The van der Waals surface area contributed by atoms with Gasteiger partial charge < -0.3 is 9.84 Å². The molecule has 6 nitrogen and oxygen atoms in total. The highest BCUT2D eigenvalue weighted by molar-refractivity contribution is 7.89. The van der Waals surface area contributed by atoms with E-state index in [1.165, 1.54) is 0 Å². The quantitative estimate of drug-likeness (QED) is 0.611. The molecule has 0 radical (unpaired) electrons. The zero-order valence-corrected chi connectivity index (χ0v) is 11.4. The number of nitrogens with zero attached hydrogens (tertiary/aromatic N) is 1. The van der Waals surface area contributed by atoms with Crippen molar-refractivity contribution in [3.63, 3.8) is 0 Å². The SMILES string of the molecule is CCOCCS(=O)(=O)N(CC(=O)O)CC(C)C. The molecule has 17 heavy (non-hydrogen) atoms. The maximum Gasteiger partial charge on any atom is 0.318 e. The summed E-state index contributed by atoms with van der Waals surface area (Å²) in [6, 6.07) is 0. The largest absolute Gasteiger partial charge is 0.480 e. The molecule has 0 aromatic carbocycles. The number of carbonyl (C=O) groups is 1. The summed E-state index contributed by atoms with van der Waals surface area (Å²) in [5.74, 6) is -1.25. The molecule has 0 saturated heterocycles. The van der Waals surface area contributed by atoms with E-state index in [9.17, 15) is 13.2 Å². The molecule has 0 fully saturated rings. The number of carboxylic acids is 1. The van der Waals surface area contributed by atoms with Crippen LogP contribution in [0.2, 0.25) is 0 Å². The molecular formula is C10H21NO5S. The number of hydrogen-bond acceptors (Lipinski definition) is 4. The van der Waals surface area contributed by atoms with Crippen molar-refractivity contribution in [3.8, 4) is 0 Å². The van der Waals surface area contributed by atoms with Crippen LogP contribution in [-0.4, -0.2) is 55.9 Å². The van der Waals surface area contributed by atoms with Crippen LogP contribution in [-0.2, 0) is 19.6 Å². The number of carboxylic acid groups (broad SMARTS) is 1. The van der Waals surface area contributed by atoms with Crippen LogP contribution in [0.25, 0.3) is 0 Å². The third-order valence-electron chi connectivity index (χ3n) is 1.96. The van der Waals surface area contributed by atoms with Crippen molar-refractivity contribution in [1.82, 2.24) is 4.31 Å². The lowest BCUT2D eigenvalue weighted by Gasteiger charge is -2.22. The Morgan fingerprint density at radius 2 is 2.00 bits per heavy atom. The highest BCUT2D eigenvalue weighted by Gasteiger charge is 2.24. The summed E-state index contributed by atoms with van der Waals surface area (Å²) in [6.45, 7) is 5.70. The molecule has 0 heterocycles. The van der Waals surface area contributed by atoms with Crippen molar-refractivity contribution in [2.75, 3.05) is 32.1 Å². The Hall–Kier alpha value is -0.660. The Labute approximate surface area is 103 Å². The summed E-state index contributed by atoms with van der Waals surface area (Å²) >= 11 is 0. The van der Waals surface area contributed by atoms with Crippen molar-refractivity contribution in [3.05, 3.63) is 0 Å². The number of hydrogen-bond donors (Lipinski definition) is 1. The average Bonchev–Trinajstić information content (AvgIpc) is 2.15. The highest BCUT2D eigenvalue weighted by Crippen LogP contribution is 2.06. The fourth-order valence-corrected chi connectivity index (χ4v) is 2.69. The summed E-state index contributed by atoms with van der Waals surface area (Å²) in [5, 5.41) is 8.69. The van der Waals surface area contributed by atoms with Crippen LogP contribution in [0.5, 0.6) is 0 Å². The van der Waals surface area contributed by atoms with Crippen LogP contribution < -0.4 is 0 Å². The predicted octanol–water partition coefficient (Wildman–Crippen LogP) is 0.395. The number of sulfonamides is 1. The summed E-state index contributed by atoms with van der Waals surface area (Å²) < 4.78 is 29.7. The van der Waals surface area contributed by atoms with Crippen LogP contribution in [0, 0.1) is 5.92 Å². The smallest absolute Gasteiger partial charge is 0.318 e. The van der Waals surface area contributed by atoms with Gasteiger partial charge in [0.1, 0.15) is 6.54 Å². The summed E-state index contributed by atoms with van der Waals surface area (Å²) in [6.07, 6.45) is 0. The molecule has 0 aliphatic heterocycles. The molecule has 0 bridgehead atoms. The van der Waals surface area contributed by atoms with E-state index < -0.39 is 22.5 Å². The van der Waals surface area contributed by atoms with Crippen LogP contribution in [0.1, 0.15) is 20.8 Å². The minimum atomic E-state index is -3.56. The van der Waals surface area contributed by atoms with Crippen molar-refractivity contribution in [1.29, 1.82) is 0 Å². The Morgan fingerprint density at radius 3 is 2.41 bits per heavy atom. The molecule has 0 aromatic rings. The molecule has 0 aromatic heterocycles. The number of ether oxygens (including phenoxy) is 1. The molecule has 0 rings (SSSR count). The third kappa shape index (κ3) is 7.30. The second-order valence-electron chi connectivity index (χ2n) is 4.09. The van der Waals surface area contributed by atoms with Crippen LogP contribution in [0.15, 0.2) is 0 Å². The average molecular weight is 267 g/mol. The van der Waals surface area contributed by atoms with Gasteiger partial charge in [0.15, 0.2) is 0 Å². The van der Waals surface area contributed by atoms with Gasteiger partial charge in [-0.2, -0.15) is 4.31 Å². The Morgan fingerprint density at radius 1 is 1.41 bits per heavy atom. The molecule has 0 saturated carbocycles. The van der Waals surface area contributed by atoms with Gasteiger partial charge in [0.05, 0.1) is 12.4 Å². The topological polar surface area (TPSA) is 83.9 Å². The predicted molar refractivity (Wildman–Crippen MR) is 64.3 cm³/mol. The number of rotatable bonds is 9. The third-order valence-corrected chi connectivity index (χ3v) is 3.71. The summed E-state index contributed by atoms with van der Waals surface area (Å²) in [7, 11) is -3.56. The van der Waals surface area contributed by atoms with Crippen LogP contribution in [0.3, 0.4) is 0 Å². The summed E-state index contributed by atoms with van der Waals surface area (Å²) in [4.78, 5) is 10.6. The number of aliphatic carboxylic acids is 1. The van der Waals surface area contributed by atoms with Gasteiger partial charge in [0.2, 0.25) is 10.0 Å². The second kappa shape index (κ2) is 7.62. The fraction of sp³-hybridized carbons (Fsp3) is 0.900. The molecule has 0 unspecified atom stereocenters. The zero-order valence-electron chi connectivity index (χ0n) is 10.5. The Bertz CT molecular complexity index is 326. The van der Waals surface area contributed by atoms with E-state index in [1.807, 2.05) is 13.8 Å². The van der Waals surface area contributed by atoms with Gasteiger partial charge in [0.25, 0.3) is 0 Å². The molecule has 1 N–H and O–H groups in total. The first kappa shape index (κ1) is 16.3. The monoisotopic (exact) mass is 267 g/mol. The van der Waals surface area contributed by atoms with Gasteiger partial charge in [-0.05, 0) is 12.8 Å². The lowest BCUT2D eigenvalue weighted by molar-refractivity contribution is -0.137. The highest BCUT2D eigenvalue weighted by atomic mass is 32.2. The minimum absolute atomic E-state index is 0.0798. The van der Waals surface area contributed by atoms with Crippen molar-refractivity contribution in [2.45, 2.75) is 20.8 Å². The molecule has 0 amide bonds. The van der Waals surface area contributed by atoms with E-state index in [0.29, 0.717) is 6.61 Å². The fourth-order valence-electron chi connectivity index (χ4n) is 1.27. The van der Waals surface area contributed by atoms with Crippen LogP contribution >= 0.6 is 0 Å². The van der Waals surface area contributed by atoms with E-state index in [-0.39, 0.29) is 24.8 Å². The van der Waals surface area contributed by atoms with Gasteiger partial charge in [-0.15, -0.1) is 0 Å². The first-order valence-electron chi connectivity index (χ1n) is 5.57. The zero-order chi connectivity index (χ0) is 13.5. The molecule has 0 atom stereocenters. The van der Waals surface area contributed by atoms with E-state index in [2.05, 4.69) is 0 Å². The maximum atomic E-state index is 11.9. The van der Waals surface area contributed by atoms with Crippen molar-refractivity contribution >= 4 is 16.0 Å². The van der Waals surface area contributed by atoms with Gasteiger partial charge in [-0.25, -0.2) is 8.42 Å². The summed E-state index contributed by atoms with van der Waals surface area (Å²) in [5.41, 5.74) is 0. The van der Waals surface area contributed by atoms with Crippen LogP contribution in [0.4, 0.5) is 0 Å².